The van der Waals surface area contributed by atoms with Crippen LogP contribution in [0.2, 0.25) is 5.02 Å². The number of oxazole rings is 1. The molecule has 5 heteroatoms. The van der Waals surface area contributed by atoms with E-state index in [9.17, 15) is 4.79 Å². The van der Waals surface area contributed by atoms with Gasteiger partial charge >= 0.3 is 0 Å². The average molecular weight is 251 g/mol. The van der Waals surface area contributed by atoms with Crippen molar-refractivity contribution in [3.63, 3.8) is 0 Å². The molecule has 0 bridgehead atoms. The van der Waals surface area contributed by atoms with Gasteiger partial charge in [-0.3, -0.25) is 4.79 Å². The molecule has 0 aliphatic rings. The summed E-state index contributed by atoms with van der Waals surface area (Å²) in [5.41, 5.74) is 1.08. The van der Waals surface area contributed by atoms with Crippen LogP contribution in [-0.2, 0) is 0 Å². The molecule has 0 aliphatic heterocycles. The number of nitrogens with zero attached hydrogens (tertiary/aromatic N) is 2. The average Bonchev–Trinajstić information content (AvgIpc) is 2.78. The van der Waals surface area contributed by atoms with Crippen LogP contribution in [0.1, 0.15) is 10.5 Å². The minimum Gasteiger partial charge on any atom is -0.444 e. The van der Waals surface area contributed by atoms with Crippen molar-refractivity contribution < 1.29 is 9.21 Å². The molecule has 1 amide bonds. The van der Waals surface area contributed by atoms with E-state index < -0.39 is 0 Å². The zero-order valence-electron chi connectivity index (χ0n) is 9.48. The van der Waals surface area contributed by atoms with Crippen LogP contribution in [0.5, 0.6) is 0 Å². The number of amides is 1. The summed E-state index contributed by atoms with van der Waals surface area (Å²) < 4.78 is 5.26. The topological polar surface area (TPSA) is 46.3 Å². The highest BCUT2D eigenvalue weighted by molar-refractivity contribution is 6.30. The van der Waals surface area contributed by atoms with E-state index >= 15 is 0 Å². The van der Waals surface area contributed by atoms with Gasteiger partial charge in [0.2, 0.25) is 5.89 Å². The van der Waals surface area contributed by atoms with E-state index in [4.69, 9.17) is 16.0 Å². The molecular weight excluding hydrogens is 240 g/mol. The number of hydrogen-bond acceptors (Lipinski definition) is 3. The molecule has 1 heterocycles. The lowest BCUT2D eigenvalue weighted by Crippen LogP contribution is -2.21. The second-order valence-corrected chi connectivity index (χ2v) is 4.18. The summed E-state index contributed by atoms with van der Waals surface area (Å²) in [5.74, 6) is 0.223. The molecule has 88 valence electrons. The van der Waals surface area contributed by atoms with Crippen molar-refractivity contribution in [1.82, 2.24) is 9.88 Å². The van der Waals surface area contributed by atoms with E-state index in [1.165, 1.54) is 11.2 Å². The highest BCUT2D eigenvalue weighted by atomic mass is 35.5. The van der Waals surface area contributed by atoms with Crippen LogP contribution in [0, 0.1) is 0 Å². The minimum absolute atomic E-state index is 0.186. The van der Waals surface area contributed by atoms with Crippen molar-refractivity contribution >= 4 is 17.5 Å². The maximum absolute atomic E-state index is 11.6. The highest BCUT2D eigenvalue weighted by Gasteiger charge is 2.14. The van der Waals surface area contributed by atoms with E-state index in [0.717, 1.165) is 5.56 Å². The first-order chi connectivity index (χ1) is 8.08. The van der Waals surface area contributed by atoms with Crippen molar-refractivity contribution in [2.45, 2.75) is 0 Å². The van der Waals surface area contributed by atoms with Crippen LogP contribution >= 0.6 is 11.6 Å². The van der Waals surface area contributed by atoms with Gasteiger partial charge in [0.15, 0.2) is 5.69 Å². The van der Waals surface area contributed by atoms with Crippen molar-refractivity contribution in [3.05, 3.63) is 41.2 Å². The summed E-state index contributed by atoms with van der Waals surface area (Å²) in [6.45, 7) is 0. The molecule has 2 rings (SSSR count). The Morgan fingerprint density at radius 1 is 1.29 bits per heavy atom. The number of benzene rings is 1. The van der Waals surface area contributed by atoms with Gasteiger partial charge in [-0.05, 0) is 24.3 Å². The fraction of sp³-hybridized carbons (Fsp3) is 0.167. The molecule has 1 aromatic carbocycles. The Morgan fingerprint density at radius 3 is 2.53 bits per heavy atom. The lowest BCUT2D eigenvalue weighted by Gasteiger charge is -2.05. The minimum atomic E-state index is -0.186. The zero-order chi connectivity index (χ0) is 12.4. The number of hydrogen-bond donors (Lipinski definition) is 0. The molecule has 0 fully saturated rings. The summed E-state index contributed by atoms with van der Waals surface area (Å²) in [5, 5.41) is 0.643. The molecule has 2 aromatic rings. The standard InChI is InChI=1S/C12H11ClN2O2/c1-15(2)12(16)10-7-17-11(14-10)8-3-5-9(13)6-4-8/h3-7H,1-2H3. The van der Waals surface area contributed by atoms with Gasteiger partial charge in [-0.25, -0.2) is 4.98 Å². The highest BCUT2D eigenvalue weighted by Crippen LogP contribution is 2.21. The Bertz CT molecular complexity index is 532. The Kier molecular flexibility index (Phi) is 3.15. The summed E-state index contributed by atoms with van der Waals surface area (Å²) in [4.78, 5) is 17.2. The molecule has 0 aliphatic carbocycles. The Hall–Kier alpha value is -1.81. The fourth-order valence-corrected chi connectivity index (χ4v) is 1.45. The predicted molar refractivity (Wildman–Crippen MR) is 65.0 cm³/mol. The number of halogens is 1. The van der Waals surface area contributed by atoms with Gasteiger partial charge in [0, 0.05) is 24.7 Å². The third-order valence-corrected chi connectivity index (χ3v) is 2.47. The maximum atomic E-state index is 11.6. The maximum Gasteiger partial charge on any atom is 0.275 e. The molecule has 0 N–H and O–H groups in total. The van der Waals surface area contributed by atoms with Crippen molar-refractivity contribution in [2.24, 2.45) is 0 Å². The first-order valence-corrected chi connectivity index (χ1v) is 5.39. The molecule has 4 nitrogen and oxygen atoms in total. The molecule has 17 heavy (non-hydrogen) atoms. The SMILES string of the molecule is CN(C)C(=O)c1coc(-c2ccc(Cl)cc2)n1. The number of rotatable bonds is 2. The largest absolute Gasteiger partial charge is 0.444 e. The summed E-state index contributed by atoms with van der Waals surface area (Å²) in [6.07, 6.45) is 1.35. The lowest BCUT2D eigenvalue weighted by molar-refractivity contribution is 0.0822. The van der Waals surface area contributed by atoms with Crippen LogP contribution in [0.4, 0.5) is 0 Å². The molecule has 1 aromatic heterocycles. The van der Waals surface area contributed by atoms with Crippen LogP contribution in [0.3, 0.4) is 0 Å². The Labute approximate surface area is 104 Å². The number of aromatic nitrogens is 1. The van der Waals surface area contributed by atoms with E-state index in [2.05, 4.69) is 4.98 Å². The number of carbonyl (C=O) groups is 1. The Morgan fingerprint density at radius 2 is 1.94 bits per heavy atom. The van der Waals surface area contributed by atoms with Gasteiger partial charge < -0.3 is 9.32 Å². The first kappa shape index (κ1) is 11.7. The van der Waals surface area contributed by atoms with Gasteiger partial charge in [0.05, 0.1) is 0 Å². The van der Waals surface area contributed by atoms with Gasteiger partial charge in [0.25, 0.3) is 5.91 Å². The summed E-state index contributed by atoms with van der Waals surface area (Å²) in [7, 11) is 3.33. The molecular formula is C12H11ClN2O2. The second-order valence-electron chi connectivity index (χ2n) is 3.74. The van der Waals surface area contributed by atoms with Crippen LogP contribution in [-0.4, -0.2) is 29.9 Å². The van der Waals surface area contributed by atoms with Gasteiger partial charge in [0.1, 0.15) is 6.26 Å². The summed E-state index contributed by atoms with van der Waals surface area (Å²) >= 11 is 5.78. The van der Waals surface area contributed by atoms with E-state index in [0.29, 0.717) is 16.6 Å². The van der Waals surface area contributed by atoms with Gasteiger partial charge in [-0.2, -0.15) is 0 Å². The lowest BCUT2D eigenvalue weighted by atomic mass is 10.2. The smallest absolute Gasteiger partial charge is 0.275 e. The first-order valence-electron chi connectivity index (χ1n) is 5.01. The normalized spacial score (nSPS) is 10.3. The molecule has 0 saturated heterocycles. The fourth-order valence-electron chi connectivity index (χ4n) is 1.33. The van der Waals surface area contributed by atoms with Crippen molar-refractivity contribution in [3.8, 4) is 11.5 Å². The molecule has 0 saturated carbocycles. The zero-order valence-corrected chi connectivity index (χ0v) is 10.2. The van der Waals surface area contributed by atoms with Gasteiger partial charge in [-0.15, -0.1) is 0 Å². The number of carbonyl (C=O) groups excluding carboxylic acids is 1. The van der Waals surface area contributed by atoms with Crippen LogP contribution in [0.25, 0.3) is 11.5 Å². The third-order valence-electron chi connectivity index (χ3n) is 2.22. The van der Waals surface area contributed by atoms with Crippen LogP contribution in [0.15, 0.2) is 34.9 Å². The third kappa shape index (κ3) is 2.47. The predicted octanol–water partition coefficient (Wildman–Crippen LogP) is 2.70. The molecule has 0 spiro atoms. The second kappa shape index (κ2) is 4.59. The van der Waals surface area contributed by atoms with Gasteiger partial charge in [-0.1, -0.05) is 11.6 Å². The van der Waals surface area contributed by atoms with Crippen LogP contribution < -0.4 is 0 Å². The van der Waals surface area contributed by atoms with Crippen molar-refractivity contribution in [2.75, 3.05) is 14.1 Å². The summed E-state index contributed by atoms with van der Waals surface area (Å²) in [6, 6.07) is 7.07. The molecule has 0 atom stereocenters. The quantitative estimate of drug-likeness (QED) is 0.823. The van der Waals surface area contributed by atoms with Crippen molar-refractivity contribution in [1.29, 1.82) is 0 Å². The monoisotopic (exact) mass is 250 g/mol. The van der Waals surface area contributed by atoms with E-state index in [1.54, 1.807) is 38.4 Å². The molecule has 0 radical (unpaired) electrons. The van der Waals surface area contributed by atoms with E-state index in [1.807, 2.05) is 0 Å². The Balaban J connectivity index is 2.30. The molecule has 0 unspecified atom stereocenters. The van der Waals surface area contributed by atoms with E-state index in [-0.39, 0.29) is 5.91 Å².